The van der Waals surface area contributed by atoms with Crippen molar-refractivity contribution in [2.45, 2.75) is 30.1 Å². The van der Waals surface area contributed by atoms with E-state index in [1.165, 1.54) is 26.4 Å². The van der Waals surface area contributed by atoms with Crippen LogP contribution in [0.1, 0.15) is 28.2 Å². The molecule has 1 aliphatic heterocycles. The molecule has 0 bridgehead atoms. The first-order valence-corrected chi connectivity index (χ1v) is 11.3. The van der Waals surface area contributed by atoms with Crippen LogP contribution in [0.5, 0.6) is 17.2 Å². The van der Waals surface area contributed by atoms with Crippen molar-refractivity contribution < 1.29 is 34.4 Å². The highest BCUT2D eigenvalue weighted by molar-refractivity contribution is 5.82. The minimum atomic E-state index is -2.09. The first-order chi connectivity index (χ1) is 16.8. The molecule has 1 aliphatic carbocycles. The predicted octanol–water partition coefficient (Wildman–Crippen LogP) is 2.64. The monoisotopic (exact) mass is 477 g/mol. The Kier molecular flexibility index (Phi) is 5.47. The Bertz CT molecular complexity index is 1260. The number of carbonyl (C=O) groups is 1. The summed E-state index contributed by atoms with van der Waals surface area (Å²) >= 11 is 0. The van der Waals surface area contributed by atoms with E-state index in [1.54, 1.807) is 24.3 Å². The summed E-state index contributed by atoms with van der Waals surface area (Å²) in [4.78, 5) is 18.2. The van der Waals surface area contributed by atoms with Crippen molar-refractivity contribution in [3.8, 4) is 17.2 Å². The molecular formula is C27H27NO7. The number of rotatable bonds is 5. The van der Waals surface area contributed by atoms with Gasteiger partial charge in [-0.1, -0.05) is 42.5 Å². The van der Waals surface area contributed by atoms with E-state index in [1.807, 2.05) is 37.3 Å². The van der Waals surface area contributed by atoms with E-state index < -0.39 is 35.0 Å². The fourth-order valence-electron chi connectivity index (χ4n) is 5.87. The Hall–Kier alpha value is -3.59. The number of aliphatic hydroxyl groups is 2. The molecule has 0 unspecified atom stereocenters. The Morgan fingerprint density at radius 2 is 1.74 bits per heavy atom. The van der Waals surface area contributed by atoms with Crippen molar-refractivity contribution in [1.29, 1.82) is 0 Å². The second-order valence-electron chi connectivity index (χ2n) is 9.02. The summed E-state index contributed by atoms with van der Waals surface area (Å²) in [7, 11) is 2.78. The SMILES string of the molecule is CONC(=O)[C@@H]1[C@@H](c2ccccc2)[C@@]2(c3ccc(O)cc3)Oc3cc(C)cc(OC)c3[C@@]2(O)[C@H]1O. The van der Waals surface area contributed by atoms with Crippen molar-refractivity contribution in [2.75, 3.05) is 14.2 Å². The van der Waals surface area contributed by atoms with Gasteiger partial charge in [-0.05, 0) is 47.9 Å². The van der Waals surface area contributed by atoms with Gasteiger partial charge in [-0.25, -0.2) is 5.48 Å². The van der Waals surface area contributed by atoms with Gasteiger partial charge >= 0.3 is 0 Å². The minimum Gasteiger partial charge on any atom is -0.508 e. The topological polar surface area (TPSA) is 117 Å². The zero-order valence-corrected chi connectivity index (χ0v) is 19.6. The molecule has 8 nitrogen and oxygen atoms in total. The average molecular weight is 478 g/mol. The molecule has 4 N–H and O–H groups in total. The molecule has 5 atom stereocenters. The Labute approximate surface area is 202 Å². The number of ether oxygens (including phenoxy) is 2. The molecule has 3 aromatic carbocycles. The van der Waals surface area contributed by atoms with Crippen molar-refractivity contribution in [1.82, 2.24) is 5.48 Å². The number of hydroxylamine groups is 1. The number of nitrogens with one attached hydrogen (secondary N) is 1. The molecule has 182 valence electrons. The summed E-state index contributed by atoms with van der Waals surface area (Å²) in [6.07, 6.45) is -1.60. The average Bonchev–Trinajstić information content (AvgIpc) is 3.22. The number of carbonyl (C=O) groups excluding carboxylic acids is 1. The molecule has 0 spiro atoms. The van der Waals surface area contributed by atoms with Gasteiger partial charge < -0.3 is 24.8 Å². The van der Waals surface area contributed by atoms with Gasteiger partial charge in [0.1, 0.15) is 23.4 Å². The fourth-order valence-corrected chi connectivity index (χ4v) is 5.87. The maximum Gasteiger partial charge on any atom is 0.250 e. The Morgan fingerprint density at radius 1 is 1.06 bits per heavy atom. The van der Waals surface area contributed by atoms with Crippen LogP contribution in [0.15, 0.2) is 66.7 Å². The lowest BCUT2D eigenvalue weighted by molar-refractivity contribution is -0.157. The normalized spacial score (nSPS) is 28.7. The molecule has 1 fully saturated rings. The molecule has 5 rings (SSSR count). The molecule has 35 heavy (non-hydrogen) atoms. The van der Waals surface area contributed by atoms with Gasteiger partial charge in [0, 0.05) is 5.92 Å². The maximum atomic E-state index is 13.3. The molecular weight excluding hydrogens is 450 g/mol. The Balaban J connectivity index is 1.88. The summed E-state index contributed by atoms with van der Waals surface area (Å²) < 4.78 is 12.3. The largest absolute Gasteiger partial charge is 0.508 e. The summed E-state index contributed by atoms with van der Waals surface area (Å²) in [5.74, 6) is -1.90. The van der Waals surface area contributed by atoms with E-state index in [2.05, 4.69) is 5.48 Å². The second kappa shape index (κ2) is 8.27. The molecule has 3 aromatic rings. The Morgan fingerprint density at radius 3 is 2.37 bits per heavy atom. The van der Waals surface area contributed by atoms with E-state index in [9.17, 15) is 20.1 Å². The molecule has 8 heteroatoms. The number of aryl methyl sites for hydroxylation is 1. The van der Waals surface area contributed by atoms with E-state index >= 15 is 0 Å². The number of aromatic hydroxyl groups is 1. The van der Waals surface area contributed by atoms with Crippen molar-refractivity contribution in [3.63, 3.8) is 0 Å². The van der Waals surface area contributed by atoms with Gasteiger partial charge in [0.2, 0.25) is 5.91 Å². The highest BCUT2D eigenvalue weighted by Gasteiger charge is 2.78. The van der Waals surface area contributed by atoms with Crippen LogP contribution in [0.2, 0.25) is 0 Å². The summed E-state index contributed by atoms with van der Waals surface area (Å²) in [6, 6.07) is 18.9. The van der Waals surface area contributed by atoms with Crippen LogP contribution in [0, 0.1) is 12.8 Å². The summed E-state index contributed by atoms with van der Waals surface area (Å²) in [5.41, 5.74) is 0.858. The smallest absolute Gasteiger partial charge is 0.250 e. The van der Waals surface area contributed by atoms with Gasteiger partial charge in [-0.15, -0.1) is 0 Å². The molecule has 0 saturated heterocycles. The third-order valence-corrected chi connectivity index (χ3v) is 7.17. The number of amides is 1. The summed E-state index contributed by atoms with van der Waals surface area (Å²) in [6.45, 7) is 1.87. The van der Waals surface area contributed by atoms with Crippen LogP contribution in [0.25, 0.3) is 0 Å². The third kappa shape index (κ3) is 3.07. The van der Waals surface area contributed by atoms with Crippen LogP contribution in [-0.2, 0) is 20.8 Å². The van der Waals surface area contributed by atoms with Crippen LogP contribution < -0.4 is 15.0 Å². The second-order valence-corrected chi connectivity index (χ2v) is 9.02. The van der Waals surface area contributed by atoms with E-state index in [-0.39, 0.29) is 11.3 Å². The van der Waals surface area contributed by atoms with Gasteiger partial charge in [-0.3, -0.25) is 9.63 Å². The minimum absolute atomic E-state index is 0.0288. The van der Waals surface area contributed by atoms with Crippen molar-refractivity contribution in [3.05, 3.63) is 89.0 Å². The highest BCUT2D eigenvalue weighted by atomic mass is 16.6. The van der Waals surface area contributed by atoms with Gasteiger partial charge in [0.15, 0.2) is 11.2 Å². The lowest BCUT2D eigenvalue weighted by Crippen LogP contribution is -2.52. The zero-order valence-electron chi connectivity index (χ0n) is 19.6. The lowest BCUT2D eigenvalue weighted by atomic mass is 9.70. The van der Waals surface area contributed by atoms with Crippen LogP contribution in [0.3, 0.4) is 0 Å². The lowest BCUT2D eigenvalue weighted by Gasteiger charge is -2.40. The third-order valence-electron chi connectivity index (χ3n) is 7.17. The van der Waals surface area contributed by atoms with Crippen LogP contribution >= 0.6 is 0 Å². The maximum absolute atomic E-state index is 13.3. The van der Waals surface area contributed by atoms with Gasteiger partial charge in [0.05, 0.1) is 25.7 Å². The molecule has 0 radical (unpaired) electrons. The fraction of sp³-hybridized carbons (Fsp3) is 0.296. The molecule has 1 saturated carbocycles. The standard InChI is InChI=1S/C27H27NO7/c1-15-13-19(33-2)23-20(14-15)35-27(17-9-11-18(29)12-10-17)22(16-7-5-4-6-8-16)21(25(31)28-34-3)24(30)26(23,27)32/h4-14,21-22,24,29-30,32H,1-3H3,(H,28,31)/t21-,22-,24+,26-,27-/m1/s1. The predicted molar refractivity (Wildman–Crippen MR) is 126 cm³/mol. The molecule has 1 heterocycles. The van der Waals surface area contributed by atoms with Gasteiger partial charge in [0.25, 0.3) is 0 Å². The number of fused-ring (bicyclic) bond motifs is 3. The van der Waals surface area contributed by atoms with E-state index in [0.717, 1.165) is 5.56 Å². The van der Waals surface area contributed by atoms with Crippen molar-refractivity contribution >= 4 is 5.91 Å². The number of benzene rings is 3. The number of phenols is 1. The van der Waals surface area contributed by atoms with Gasteiger partial charge in [-0.2, -0.15) is 0 Å². The van der Waals surface area contributed by atoms with E-state index in [0.29, 0.717) is 22.6 Å². The number of methoxy groups -OCH3 is 1. The van der Waals surface area contributed by atoms with Crippen LogP contribution in [0.4, 0.5) is 0 Å². The first-order valence-electron chi connectivity index (χ1n) is 11.3. The van der Waals surface area contributed by atoms with Crippen LogP contribution in [-0.4, -0.2) is 41.6 Å². The molecule has 0 aromatic heterocycles. The molecule has 2 aliphatic rings. The number of hydrogen-bond acceptors (Lipinski definition) is 7. The van der Waals surface area contributed by atoms with E-state index in [4.69, 9.17) is 14.3 Å². The number of hydrogen-bond donors (Lipinski definition) is 4. The quantitative estimate of drug-likeness (QED) is 0.418. The number of phenolic OH excluding ortho intramolecular Hbond substituents is 1. The molecule has 1 amide bonds. The highest BCUT2D eigenvalue weighted by Crippen LogP contribution is 2.69. The zero-order chi connectivity index (χ0) is 25.0. The first kappa shape index (κ1) is 23.2. The number of aliphatic hydroxyl groups excluding tert-OH is 1. The summed E-state index contributed by atoms with van der Waals surface area (Å²) in [5, 5.41) is 34.4. The van der Waals surface area contributed by atoms with Crippen molar-refractivity contribution in [2.24, 2.45) is 5.92 Å².